The Morgan fingerprint density at radius 1 is 1.19 bits per heavy atom. The lowest BCUT2D eigenvalue weighted by Crippen LogP contribution is -2.35. The number of hydrogen-bond donors (Lipinski definition) is 1. The summed E-state index contributed by atoms with van der Waals surface area (Å²) in [4.78, 5) is 3.32. The predicted molar refractivity (Wildman–Crippen MR) is 104 cm³/mol. The van der Waals surface area contributed by atoms with E-state index in [0.717, 1.165) is 46.9 Å². The second kappa shape index (κ2) is 8.26. The Labute approximate surface area is 157 Å². The molecule has 0 bridgehead atoms. The van der Waals surface area contributed by atoms with E-state index < -0.39 is 0 Å². The summed E-state index contributed by atoms with van der Waals surface area (Å²) in [5.74, 6) is 1.29. The Kier molecular flexibility index (Phi) is 5.82. The molecule has 1 aromatic carbocycles. The first-order valence-corrected chi connectivity index (χ1v) is 9.33. The highest BCUT2D eigenvalue weighted by atomic mass is 32.1. The van der Waals surface area contributed by atoms with Gasteiger partial charge in [-0.15, -0.1) is 11.3 Å². The van der Waals surface area contributed by atoms with Crippen molar-refractivity contribution in [2.75, 3.05) is 32.2 Å². The molecule has 2 aromatic rings. The molecule has 0 aliphatic carbocycles. The van der Waals surface area contributed by atoms with Gasteiger partial charge in [-0.3, -0.25) is 0 Å². The minimum atomic E-state index is -0.188. The lowest BCUT2D eigenvalue weighted by molar-refractivity contribution is 0.145. The number of methoxy groups -OCH3 is 2. The summed E-state index contributed by atoms with van der Waals surface area (Å²) in [7, 11) is 3.20. The fourth-order valence-corrected chi connectivity index (χ4v) is 4.19. The molecule has 3 rings (SSSR count). The molecule has 1 aromatic heterocycles. The normalized spacial score (nSPS) is 15.6. The van der Waals surface area contributed by atoms with Gasteiger partial charge in [-0.05, 0) is 42.7 Å². The average Bonchev–Trinajstić information content (AvgIpc) is 3.16. The van der Waals surface area contributed by atoms with Crippen molar-refractivity contribution in [1.29, 1.82) is 5.26 Å². The summed E-state index contributed by atoms with van der Waals surface area (Å²) in [6.07, 6.45) is 2.97. The summed E-state index contributed by atoms with van der Waals surface area (Å²) in [5.41, 5.74) is 1.77. The summed E-state index contributed by atoms with van der Waals surface area (Å²) < 4.78 is 10.7. The number of ether oxygens (including phenoxy) is 2. The van der Waals surface area contributed by atoms with Crippen molar-refractivity contribution in [3.05, 3.63) is 46.8 Å². The number of hydrogen-bond acceptors (Lipinski definition) is 6. The number of nitrogens with zero attached hydrogens (tertiary/aromatic N) is 2. The lowest BCUT2D eigenvalue weighted by atomic mass is 10.0. The number of aliphatic hydroxyl groups excluding tert-OH is 1. The van der Waals surface area contributed by atoms with Gasteiger partial charge in [0.05, 0.1) is 31.4 Å². The number of aliphatic hydroxyl groups is 1. The number of benzene rings is 1. The third-order valence-electron chi connectivity index (χ3n) is 4.54. The molecule has 0 amide bonds. The third kappa shape index (κ3) is 3.85. The van der Waals surface area contributed by atoms with E-state index in [4.69, 9.17) is 9.47 Å². The van der Waals surface area contributed by atoms with E-state index in [9.17, 15) is 10.4 Å². The molecule has 136 valence electrons. The van der Waals surface area contributed by atoms with Gasteiger partial charge < -0.3 is 19.5 Å². The summed E-state index contributed by atoms with van der Waals surface area (Å²) in [5, 5.41) is 20.1. The Morgan fingerprint density at radius 2 is 1.92 bits per heavy atom. The molecule has 1 fully saturated rings. The molecule has 6 heteroatoms. The van der Waals surface area contributed by atoms with Crippen molar-refractivity contribution in [2.24, 2.45) is 0 Å². The van der Waals surface area contributed by atoms with Gasteiger partial charge in [0.1, 0.15) is 0 Å². The highest BCUT2D eigenvalue weighted by Gasteiger charge is 2.19. The summed E-state index contributed by atoms with van der Waals surface area (Å²) >= 11 is 1.66. The van der Waals surface area contributed by atoms with Crippen molar-refractivity contribution < 1.29 is 14.6 Å². The highest BCUT2D eigenvalue weighted by molar-refractivity contribution is 7.17. The summed E-state index contributed by atoms with van der Waals surface area (Å²) in [6, 6.07) is 12.0. The molecule has 0 unspecified atom stereocenters. The fraction of sp³-hybridized carbons (Fsp3) is 0.350. The topological polar surface area (TPSA) is 65.7 Å². The van der Waals surface area contributed by atoms with Gasteiger partial charge in [-0.2, -0.15) is 5.26 Å². The van der Waals surface area contributed by atoms with Crippen LogP contribution in [0, 0.1) is 11.3 Å². The van der Waals surface area contributed by atoms with Crippen LogP contribution in [0.1, 0.15) is 23.3 Å². The van der Waals surface area contributed by atoms with Crippen LogP contribution in [0.5, 0.6) is 11.5 Å². The number of piperidine rings is 1. The molecule has 5 nitrogen and oxygen atoms in total. The molecule has 1 aliphatic rings. The van der Waals surface area contributed by atoms with Crippen LogP contribution in [0.25, 0.3) is 5.57 Å². The van der Waals surface area contributed by atoms with Gasteiger partial charge in [0.25, 0.3) is 0 Å². The van der Waals surface area contributed by atoms with E-state index in [1.54, 1.807) is 31.6 Å². The van der Waals surface area contributed by atoms with E-state index in [1.165, 1.54) is 0 Å². The van der Waals surface area contributed by atoms with E-state index in [1.807, 2.05) is 24.3 Å². The van der Waals surface area contributed by atoms with Gasteiger partial charge in [0.15, 0.2) is 11.5 Å². The van der Waals surface area contributed by atoms with Crippen LogP contribution < -0.4 is 14.4 Å². The Balaban J connectivity index is 1.90. The van der Waals surface area contributed by atoms with Gasteiger partial charge in [-0.25, -0.2) is 0 Å². The van der Waals surface area contributed by atoms with E-state index in [2.05, 4.69) is 17.0 Å². The van der Waals surface area contributed by atoms with Crippen molar-refractivity contribution in [3.8, 4) is 17.6 Å². The number of thiophene rings is 1. The molecule has 0 radical (unpaired) electrons. The number of allylic oxidation sites excluding steroid dienone is 1. The van der Waals surface area contributed by atoms with Crippen molar-refractivity contribution in [1.82, 2.24) is 0 Å². The van der Waals surface area contributed by atoms with Crippen LogP contribution in [0.3, 0.4) is 0 Å². The van der Waals surface area contributed by atoms with Crippen LogP contribution in [0.2, 0.25) is 0 Å². The highest BCUT2D eigenvalue weighted by Crippen LogP contribution is 2.38. The molecule has 1 N–H and O–H groups in total. The zero-order valence-corrected chi connectivity index (χ0v) is 15.8. The Morgan fingerprint density at radius 3 is 2.58 bits per heavy atom. The van der Waals surface area contributed by atoms with Crippen LogP contribution in [-0.4, -0.2) is 38.5 Å². The maximum Gasteiger partial charge on any atom is 0.161 e. The largest absolute Gasteiger partial charge is 0.493 e. The van der Waals surface area contributed by atoms with Crippen LogP contribution in [-0.2, 0) is 0 Å². The maximum absolute atomic E-state index is 9.69. The first kappa shape index (κ1) is 18.3. The Bertz CT molecular complexity index is 830. The van der Waals surface area contributed by atoms with Crippen LogP contribution in [0.4, 0.5) is 5.00 Å². The molecular formula is C20H22N2O3S. The molecule has 26 heavy (non-hydrogen) atoms. The minimum absolute atomic E-state index is 0.188. The van der Waals surface area contributed by atoms with Gasteiger partial charge in [-0.1, -0.05) is 6.07 Å². The van der Waals surface area contributed by atoms with Crippen molar-refractivity contribution in [3.63, 3.8) is 0 Å². The van der Waals surface area contributed by atoms with Crippen LogP contribution >= 0.6 is 11.3 Å². The second-order valence-electron chi connectivity index (χ2n) is 6.11. The standard InChI is InChI=1S/C20H22N2O3S/c1-24-17-4-3-14(13-18(17)25-2)16(7-10-21)19-5-6-20(26-19)22-11-8-15(23)9-12-22/h3-7,13,15,23H,8-9,11-12H2,1-2H3/b16-7-. The SMILES string of the molecule is COc1ccc(/C(=C/C#N)c2ccc(N3CCC(O)CC3)s2)cc1OC. The van der Waals surface area contributed by atoms with E-state index >= 15 is 0 Å². The molecule has 1 saturated heterocycles. The zero-order valence-electron chi connectivity index (χ0n) is 14.9. The van der Waals surface area contributed by atoms with Gasteiger partial charge >= 0.3 is 0 Å². The number of anilines is 1. The molecule has 0 saturated carbocycles. The first-order chi connectivity index (χ1) is 12.7. The monoisotopic (exact) mass is 370 g/mol. The molecule has 0 atom stereocenters. The van der Waals surface area contributed by atoms with Crippen LogP contribution in [0.15, 0.2) is 36.4 Å². The molecule has 2 heterocycles. The number of nitriles is 1. The quantitative estimate of drug-likeness (QED) is 0.813. The van der Waals surface area contributed by atoms with E-state index in [0.29, 0.717) is 11.5 Å². The fourth-order valence-electron chi connectivity index (χ4n) is 3.09. The average molecular weight is 370 g/mol. The Hall–Kier alpha value is -2.49. The molecule has 1 aliphatic heterocycles. The maximum atomic E-state index is 9.69. The number of rotatable bonds is 5. The third-order valence-corrected chi connectivity index (χ3v) is 5.72. The van der Waals surface area contributed by atoms with E-state index in [-0.39, 0.29) is 6.10 Å². The smallest absolute Gasteiger partial charge is 0.161 e. The zero-order chi connectivity index (χ0) is 18.5. The second-order valence-corrected chi connectivity index (χ2v) is 7.18. The predicted octanol–water partition coefficient (Wildman–Crippen LogP) is 3.68. The first-order valence-electron chi connectivity index (χ1n) is 8.51. The van der Waals surface area contributed by atoms with Crippen molar-refractivity contribution in [2.45, 2.75) is 18.9 Å². The summed E-state index contributed by atoms with van der Waals surface area (Å²) in [6.45, 7) is 1.71. The van der Waals surface area contributed by atoms with Gasteiger partial charge in [0.2, 0.25) is 0 Å². The molecular weight excluding hydrogens is 348 g/mol. The molecule has 0 spiro atoms. The van der Waals surface area contributed by atoms with Crippen molar-refractivity contribution >= 4 is 21.9 Å². The lowest BCUT2D eigenvalue weighted by Gasteiger charge is -2.30. The minimum Gasteiger partial charge on any atom is -0.493 e. The van der Waals surface area contributed by atoms with Gasteiger partial charge in [0, 0.05) is 29.6 Å².